The van der Waals surface area contributed by atoms with E-state index in [-0.39, 0.29) is 11.6 Å². The van der Waals surface area contributed by atoms with Gasteiger partial charge in [-0.3, -0.25) is 0 Å². The number of nitrogens with one attached hydrogen (secondary N) is 1. The van der Waals surface area contributed by atoms with Crippen molar-refractivity contribution in [2.45, 2.75) is 44.2 Å². The molecule has 2 aliphatic rings. The molecular weight excluding hydrogens is 334 g/mol. The summed E-state index contributed by atoms with van der Waals surface area (Å²) >= 11 is 3.41. The van der Waals surface area contributed by atoms with Gasteiger partial charge in [0.25, 0.3) is 0 Å². The van der Waals surface area contributed by atoms with Crippen LogP contribution >= 0.6 is 15.9 Å². The molecule has 4 nitrogen and oxygen atoms in total. The molecule has 0 bridgehead atoms. The highest BCUT2D eigenvalue weighted by molar-refractivity contribution is 9.10. The molecule has 0 saturated carbocycles. The monoisotopic (exact) mass is 357 g/mol. The Labute approximate surface area is 134 Å². The van der Waals surface area contributed by atoms with Crippen LogP contribution in [0.1, 0.15) is 44.4 Å². The maximum absolute atomic E-state index is 6.16. The van der Waals surface area contributed by atoms with Gasteiger partial charge in [0.15, 0.2) is 4.67 Å². The molecule has 3 rings (SSSR count). The van der Waals surface area contributed by atoms with Crippen LogP contribution in [0.5, 0.6) is 0 Å². The minimum absolute atomic E-state index is 0.0265. The summed E-state index contributed by atoms with van der Waals surface area (Å²) in [5.74, 6) is 1.58. The Morgan fingerprint density at radius 1 is 1.33 bits per heavy atom. The van der Waals surface area contributed by atoms with Crippen molar-refractivity contribution in [2.75, 3.05) is 26.4 Å². The van der Waals surface area contributed by atoms with Gasteiger partial charge in [-0.15, -0.1) is 0 Å². The largest absolute Gasteiger partial charge is 0.453 e. The van der Waals surface area contributed by atoms with Gasteiger partial charge < -0.3 is 19.2 Å². The first kappa shape index (κ1) is 15.5. The third-order valence-corrected chi connectivity index (χ3v) is 5.16. The van der Waals surface area contributed by atoms with Crippen molar-refractivity contribution in [2.24, 2.45) is 5.92 Å². The van der Waals surface area contributed by atoms with E-state index in [0.717, 1.165) is 62.5 Å². The first-order valence-electron chi connectivity index (χ1n) is 7.93. The number of hydrogen-bond acceptors (Lipinski definition) is 4. The van der Waals surface area contributed by atoms with Crippen molar-refractivity contribution < 1.29 is 13.9 Å². The average Bonchev–Trinajstić information content (AvgIpc) is 2.92. The topological polar surface area (TPSA) is 43.6 Å². The van der Waals surface area contributed by atoms with Crippen molar-refractivity contribution in [3.05, 3.63) is 22.6 Å². The number of halogens is 1. The average molecular weight is 358 g/mol. The fourth-order valence-electron chi connectivity index (χ4n) is 3.66. The molecule has 1 aromatic rings. The minimum Gasteiger partial charge on any atom is -0.453 e. The lowest BCUT2D eigenvalue weighted by Crippen LogP contribution is -2.46. The van der Waals surface area contributed by atoms with Gasteiger partial charge in [0.1, 0.15) is 5.76 Å². The Kier molecular flexibility index (Phi) is 5.04. The predicted octanol–water partition coefficient (Wildman–Crippen LogP) is 3.67. The molecule has 118 valence electrons. The molecule has 21 heavy (non-hydrogen) atoms. The van der Waals surface area contributed by atoms with E-state index >= 15 is 0 Å². The zero-order valence-electron chi connectivity index (χ0n) is 12.6. The third-order valence-electron chi connectivity index (χ3n) is 4.73. The van der Waals surface area contributed by atoms with Gasteiger partial charge in [0.2, 0.25) is 0 Å². The van der Waals surface area contributed by atoms with E-state index in [1.54, 1.807) is 0 Å². The molecule has 2 saturated heterocycles. The van der Waals surface area contributed by atoms with Crippen molar-refractivity contribution in [3.8, 4) is 0 Å². The van der Waals surface area contributed by atoms with Crippen molar-refractivity contribution in [1.29, 1.82) is 0 Å². The molecule has 2 unspecified atom stereocenters. The van der Waals surface area contributed by atoms with E-state index in [0.29, 0.717) is 5.92 Å². The van der Waals surface area contributed by atoms with Crippen molar-refractivity contribution in [1.82, 2.24) is 5.32 Å². The highest BCUT2D eigenvalue weighted by atomic mass is 79.9. The highest BCUT2D eigenvalue weighted by Crippen LogP contribution is 2.42. The molecule has 3 heterocycles. The Balaban J connectivity index is 1.75. The molecule has 0 radical (unpaired) electrons. The maximum atomic E-state index is 6.16. The van der Waals surface area contributed by atoms with Gasteiger partial charge in [-0.1, -0.05) is 6.92 Å². The first-order valence-corrected chi connectivity index (χ1v) is 8.72. The summed E-state index contributed by atoms with van der Waals surface area (Å²) in [7, 11) is 0. The summed E-state index contributed by atoms with van der Waals surface area (Å²) in [6.45, 7) is 5.58. The van der Waals surface area contributed by atoms with Crippen LogP contribution < -0.4 is 5.32 Å². The molecule has 1 N–H and O–H groups in total. The van der Waals surface area contributed by atoms with Gasteiger partial charge >= 0.3 is 0 Å². The Hall–Kier alpha value is -0.360. The normalized spacial score (nSPS) is 26.9. The van der Waals surface area contributed by atoms with Crippen molar-refractivity contribution in [3.63, 3.8) is 0 Å². The summed E-state index contributed by atoms with van der Waals surface area (Å²) in [6, 6.07) is 4.32. The Morgan fingerprint density at radius 3 is 2.81 bits per heavy atom. The summed E-state index contributed by atoms with van der Waals surface area (Å²) in [5, 5.41) is 3.60. The lowest BCUT2D eigenvalue weighted by Gasteiger charge is -2.45. The molecule has 0 amide bonds. The molecular formula is C16H24BrNO3. The fraction of sp³-hybridized carbons (Fsp3) is 0.750. The van der Waals surface area contributed by atoms with Crippen LogP contribution in [0, 0.1) is 5.92 Å². The van der Waals surface area contributed by atoms with Crippen LogP contribution in [0.25, 0.3) is 0 Å². The number of rotatable bonds is 4. The second-order valence-corrected chi connectivity index (χ2v) is 6.86. The van der Waals surface area contributed by atoms with Crippen LogP contribution in [-0.2, 0) is 9.47 Å². The summed E-state index contributed by atoms with van der Waals surface area (Å²) in [4.78, 5) is 0. The quantitative estimate of drug-likeness (QED) is 0.892. The molecule has 0 aliphatic carbocycles. The summed E-state index contributed by atoms with van der Waals surface area (Å²) in [5.41, 5.74) is 0.0265. The summed E-state index contributed by atoms with van der Waals surface area (Å²) in [6.07, 6.45) is 4.21. The highest BCUT2D eigenvalue weighted by Gasteiger charge is 2.42. The van der Waals surface area contributed by atoms with E-state index in [4.69, 9.17) is 13.9 Å². The van der Waals surface area contributed by atoms with Gasteiger partial charge in [0.05, 0.1) is 11.6 Å². The minimum atomic E-state index is 0.0265. The number of furan rings is 1. The molecule has 2 aliphatic heterocycles. The molecule has 5 heteroatoms. The molecule has 1 spiro atoms. The Morgan fingerprint density at radius 2 is 2.14 bits per heavy atom. The Bertz CT molecular complexity index is 451. The molecule has 2 atom stereocenters. The SMILES string of the molecule is CCNC(c1ccc(Br)o1)C1CCOC2(CCOCC2)C1. The lowest BCUT2D eigenvalue weighted by molar-refractivity contribution is -0.150. The standard InChI is InChI=1S/C16H24BrNO3/c1-2-18-15(13-3-4-14(17)21-13)12-5-8-20-16(11-12)6-9-19-10-7-16/h3-4,12,15,18H,2,5-11H2,1H3. The second-order valence-electron chi connectivity index (χ2n) is 6.07. The van der Waals surface area contributed by atoms with Crippen LogP contribution in [0.3, 0.4) is 0 Å². The maximum Gasteiger partial charge on any atom is 0.169 e. The number of ether oxygens (including phenoxy) is 2. The fourth-order valence-corrected chi connectivity index (χ4v) is 3.98. The van der Waals surface area contributed by atoms with E-state index in [2.05, 4.69) is 34.2 Å². The van der Waals surface area contributed by atoms with Gasteiger partial charge in [-0.2, -0.15) is 0 Å². The first-order chi connectivity index (χ1) is 10.2. The van der Waals surface area contributed by atoms with Crippen molar-refractivity contribution >= 4 is 15.9 Å². The van der Waals surface area contributed by atoms with Crippen LogP contribution in [0.4, 0.5) is 0 Å². The van der Waals surface area contributed by atoms with Crippen LogP contribution in [-0.4, -0.2) is 32.0 Å². The smallest absolute Gasteiger partial charge is 0.169 e. The summed E-state index contributed by atoms with van der Waals surface area (Å²) < 4.78 is 18.3. The second kappa shape index (κ2) is 6.82. The van der Waals surface area contributed by atoms with Gasteiger partial charge in [-0.05, 0) is 66.2 Å². The molecule has 0 aromatic carbocycles. The van der Waals surface area contributed by atoms with E-state index in [9.17, 15) is 0 Å². The molecule has 2 fully saturated rings. The zero-order valence-corrected chi connectivity index (χ0v) is 14.2. The molecule has 1 aromatic heterocycles. The third kappa shape index (κ3) is 3.52. The van der Waals surface area contributed by atoms with Crippen LogP contribution in [0.2, 0.25) is 0 Å². The predicted molar refractivity (Wildman–Crippen MR) is 84.3 cm³/mol. The number of hydrogen-bond donors (Lipinski definition) is 1. The van der Waals surface area contributed by atoms with Gasteiger partial charge in [0, 0.05) is 19.8 Å². The van der Waals surface area contributed by atoms with Crippen LogP contribution in [0.15, 0.2) is 21.2 Å². The van der Waals surface area contributed by atoms with E-state index in [1.165, 1.54) is 0 Å². The van der Waals surface area contributed by atoms with Gasteiger partial charge in [-0.25, -0.2) is 0 Å². The zero-order chi connectivity index (χ0) is 14.7. The van der Waals surface area contributed by atoms with E-state index < -0.39 is 0 Å². The van der Waals surface area contributed by atoms with E-state index in [1.807, 2.05) is 6.07 Å². The lowest BCUT2D eigenvalue weighted by atomic mass is 9.77.